The maximum Gasteiger partial charge on any atom is 0.174 e. The highest BCUT2D eigenvalue weighted by Gasteiger charge is 2.38. The summed E-state index contributed by atoms with van der Waals surface area (Å²) in [5.41, 5.74) is 5.51. The van der Waals surface area contributed by atoms with E-state index in [0.717, 1.165) is 0 Å². The van der Waals surface area contributed by atoms with Crippen molar-refractivity contribution < 1.29 is 9.53 Å². The predicted molar refractivity (Wildman–Crippen MR) is 71.3 cm³/mol. The molecule has 18 heavy (non-hydrogen) atoms. The van der Waals surface area contributed by atoms with Crippen LogP contribution in [-0.2, 0) is 4.74 Å². The molecule has 2 rings (SSSR count). The summed E-state index contributed by atoms with van der Waals surface area (Å²) in [6.07, 6.45) is 4.88. The van der Waals surface area contributed by atoms with Gasteiger partial charge in [-0.25, -0.2) is 0 Å². The highest BCUT2D eigenvalue weighted by Crippen LogP contribution is 2.30. The van der Waals surface area contributed by atoms with Crippen molar-refractivity contribution in [2.45, 2.75) is 5.72 Å². The van der Waals surface area contributed by atoms with E-state index in [0.29, 0.717) is 10.6 Å². The summed E-state index contributed by atoms with van der Waals surface area (Å²) in [4.78, 5) is 12.4. The number of ketones is 1. The van der Waals surface area contributed by atoms with Crippen molar-refractivity contribution >= 4 is 17.4 Å². The standard InChI is InChI=1S/C14H14ClNO2/c1-18-14(16)8-7-11(15)9-12(14)13(17)10-5-3-2-4-6-10/h2-9,12H,16H2,1H3. The summed E-state index contributed by atoms with van der Waals surface area (Å²) in [6.45, 7) is 0. The van der Waals surface area contributed by atoms with E-state index in [4.69, 9.17) is 22.1 Å². The largest absolute Gasteiger partial charge is 0.359 e. The molecule has 0 saturated carbocycles. The van der Waals surface area contributed by atoms with Gasteiger partial charge in [0.15, 0.2) is 5.78 Å². The van der Waals surface area contributed by atoms with Gasteiger partial charge in [0, 0.05) is 17.7 Å². The topological polar surface area (TPSA) is 52.3 Å². The number of hydrogen-bond acceptors (Lipinski definition) is 3. The molecule has 1 aliphatic rings. The van der Waals surface area contributed by atoms with Crippen molar-refractivity contribution in [3.05, 3.63) is 59.2 Å². The molecule has 1 aromatic carbocycles. The van der Waals surface area contributed by atoms with Crippen molar-refractivity contribution in [1.82, 2.24) is 0 Å². The number of benzene rings is 1. The minimum Gasteiger partial charge on any atom is -0.359 e. The van der Waals surface area contributed by atoms with E-state index in [1.807, 2.05) is 18.2 Å². The number of carbonyl (C=O) groups is 1. The zero-order valence-electron chi connectivity index (χ0n) is 9.97. The molecule has 3 nitrogen and oxygen atoms in total. The molecule has 1 aromatic rings. The average Bonchev–Trinajstić information content (AvgIpc) is 2.42. The van der Waals surface area contributed by atoms with Gasteiger partial charge in [-0.15, -0.1) is 0 Å². The minimum absolute atomic E-state index is 0.109. The van der Waals surface area contributed by atoms with Gasteiger partial charge in [-0.05, 0) is 12.2 Å². The number of hydrogen-bond donors (Lipinski definition) is 1. The fourth-order valence-corrected chi connectivity index (χ4v) is 2.11. The Morgan fingerprint density at radius 2 is 2.06 bits per heavy atom. The van der Waals surface area contributed by atoms with Crippen molar-refractivity contribution in [3.63, 3.8) is 0 Å². The van der Waals surface area contributed by atoms with Crippen LogP contribution in [0.25, 0.3) is 0 Å². The summed E-state index contributed by atoms with van der Waals surface area (Å²) in [5.74, 6) is -0.732. The first-order valence-corrected chi connectivity index (χ1v) is 5.94. The summed E-state index contributed by atoms with van der Waals surface area (Å²) >= 11 is 5.94. The van der Waals surface area contributed by atoms with E-state index in [2.05, 4.69) is 0 Å². The molecule has 2 unspecified atom stereocenters. The third-order valence-electron chi connectivity index (χ3n) is 3.01. The zero-order valence-corrected chi connectivity index (χ0v) is 10.7. The molecular weight excluding hydrogens is 250 g/mol. The third-order valence-corrected chi connectivity index (χ3v) is 3.26. The molecule has 0 radical (unpaired) electrons. The normalized spacial score (nSPS) is 26.8. The van der Waals surface area contributed by atoms with Crippen LogP contribution in [0, 0.1) is 5.92 Å². The van der Waals surface area contributed by atoms with Crippen LogP contribution >= 0.6 is 11.6 Å². The second kappa shape index (κ2) is 5.06. The highest BCUT2D eigenvalue weighted by molar-refractivity contribution is 6.31. The Hall–Kier alpha value is -1.42. The van der Waals surface area contributed by atoms with Crippen LogP contribution < -0.4 is 5.73 Å². The van der Waals surface area contributed by atoms with Crippen LogP contribution in [0.15, 0.2) is 53.6 Å². The van der Waals surface area contributed by atoms with E-state index >= 15 is 0 Å². The zero-order chi connectivity index (χ0) is 13.2. The Kier molecular flexibility index (Phi) is 3.66. The summed E-state index contributed by atoms with van der Waals surface area (Å²) < 4.78 is 5.25. The van der Waals surface area contributed by atoms with Gasteiger partial charge >= 0.3 is 0 Å². The number of methoxy groups -OCH3 is 1. The monoisotopic (exact) mass is 263 g/mol. The van der Waals surface area contributed by atoms with Gasteiger partial charge < -0.3 is 4.74 Å². The minimum atomic E-state index is -1.15. The van der Waals surface area contributed by atoms with Gasteiger partial charge in [0.05, 0.1) is 5.92 Å². The van der Waals surface area contributed by atoms with Crippen LogP contribution in [0.2, 0.25) is 0 Å². The van der Waals surface area contributed by atoms with E-state index in [-0.39, 0.29) is 5.78 Å². The number of nitrogens with two attached hydrogens (primary N) is 1. The number of halogens is 1. The lowest BCUT2D eigenvalue weighted by Gasteiger charge is -2.33. The molecule has 0 aromatic heterocycles. The maximum absolute atomic E-state index is 12.4. The van der Waals surface area contributed by atoms with Gasteiger partial charge in [-0.2, -0.15) is 0 Å². The molecule has 0 spiro atoms. The molecule has 0 amide bonds. The SMILES string of the molecule is COC1(N)C=CC(Cl)=CC1C(=O)c1ccccc1. The van der Waals surface area contributed by atoms with Gasteiger partial charge in [0.2, 0.25) is 0 Å². The molecule has 0 heterocycles. The van der Waals surface area contributed by atoms with Crippen molar-refractivity contribution in [2.24, 2.45) is 11.7 Å². The van der Waals surface area contributed by atoms with Gasteiger partial charge in [0.25, 0.3) is 0 Å². The lowest BCUT2D eigenvalue weighted by atomic mass is 9.85. The number of rotatable bonds is 3. The Labute approximate surface area is 111 Å². The van der Waals surface area contributed by atoms with E-state index in [1.54, 1.807) is 30.4 Å². The number of Topliss-reactive ketones (excluding diaryl/α,β-unsaturated/α-hetero) is 1. The summed E-state index contributed by atoms with van der Waals surface area (Å²) in [7, 11) is 1.47. The van der Waals surface area contributed by atoms with Gasteiger partial charge in [0.1, 0.15) is 5.72 Å². The van der Waals surface area contributed by atoms with Crippen LogP contribution in [0.1, 0.15) is 10.4 Å². The quantitative estimate of drug-likeness (QED) is 0.673. The smallest absolute Gasteiger partial charge is 0.174 e. The average molecular weight is 264 g/mol. The molecule has 2 atom stereocenters. The predicted octanol–water partition coefficient (Wildman–Crippen LogP) is 2.48. The van der Waals surface area contributed by atoms with Crippen molar-refractivity contribution in [3.8, 4) is 0 Å². The molecule has 4 heteroatoms. The first kappa shape index (κ1) is 13.0. The fraction of sp³-hybridized carbons (Fsp3) is 0.214. The Morgan fingerprint density at radius 3 is 2.67 bits per heavy atom. The van der Waals surface area contributed by atoms with Crippen LogP contribution in [0.5, 0.6) is 0 Å². The summed E-state index contributed by atoms with van der Waals surface area (Å²) in [6, 6.07) is 8.97. The van der Waals surface area contributed by atoms with Gasteiger partial charge in [-0.3, -0.25) is 10.5 Å². The van der Waals surface area contributed by atoms with Crippen LogP contribution in [0.3, 0.4) is 0 Å². The van der Waals surface area contributed by atoms with Crippen LogP contribution in [-0.4, -0.2) is 18.6 Å². The Morgan fingerprint density at radius 1 is 1.39 bits per heavy atom. The molecule has 2 N–H and O–H groups in total. The molecule has 0 aliphatic heterocycles. The number of carbonyl (C=O) groups excluding carboxylic acids is 1. The van der Waals surface area contributed by atoms with E-state index in [9.17, 15) is 4.79 Å². The fourth-order valence-electron chi connectivity index (χ4n) is 1.92. The molecule has 94 valence electrons. The van der Waals surface area contributed by atoms with Crippen LogP contribution in [0.4, 0.5) is 0 Å². The lowest BCUT2D eigenvalue weighted by molar-refractivity contribution is 0.00568. The molecule has 0 bridgehead atoms. The molecular formula is C14H14ClNO2. The number of allylic oxidation sites excluding steroid dienone is 2. The first-order valence-electron chi connectivity index (χ1n) is 5.56. The number of ether oxygens (including phenoxy) is 1. The molecule has 0 fully saturated rings. The Bertz CT molecular complexity index is 510. The van der Waals surface area contributed by atoms with E-state index in [1.165, 1.54) is 7.11 Å². The van der Waals surface area contributed by atoms with Crippen molar-refractivity contribution in [2.75, 3.05) is 7.11 Å². The second-order valence-electron chi connectivity index (χ2n) is 4.15. The highest BCUT2D eigenvalue weighted by atomic mass is 35.5. The first-order chi connectivity index (χ1) is 8.57. The third kappa shape index (κ3) is 2.38. The molecule has 0 saturated heterocycles. The summed E-state index contributed by atoms with van der Waals surface area (Å²) in [5, 5.41) is 0.488. The van der Waals surface area contributed by atoms with Crippen molar-refractivity contribution in [1.29, 1.82) is 0 Å². The van der Waals surface area contributed by atoms with E-state index < -0.39 is 11.6 Å². The molecule has 1 aliphatic carbocycles. The second-order valence-corrected chi connectivity index (χ2v) is 4.59. The Balaban J connectivity index is 2.37. The lowest BCUT2D eigenvalue weighted by Crippen LogP contribution is -2.50. The van der Waals surface area contributed by atoms with Gasteiger partial charge in [-0.1, -0.05) is 48.0 Å². The maximum atomic E-state index is 12.4.